The van der Waals surface area contributed by atoms with E-state index in [4.69, 9.17) is 5.11 Å². The van der Waals surface area contributed by atoms with Gasteiger partial charge in [-0.3, -0.25) is 4.79 Å². The summed E-state index contributed by atoms with van der Waals surface area (Å²) >= 11 is 0. The van der Waals surface area contributed by atoms with Gasteiger partial charge in [0.25, 0.3) is 10.2 Å². The third kappa shape index (κ3) is 4.91. The second-order valence-corrected chi connectivity index (χ2v) is 7.17. The zero-order valence-electron chi connectivity index (χ0n) is 12.7. The number of rotatable bonds is 8. The largest absolute Gasteiger partial charge is 0.480 e. The molecule has 0 amide bonds. The molecule has 0 aromatic carbocycles. The molecule has 0 saturated carbocycles. The first kappa shape index (κ1) is 18.3. The van der Waals surface area contributed by atoms with E-state index in [1.807, 2.05) is 13.8 Å². The van der Waals surface area contributed by atoms with E-state index in [1.54, 1.807) is 0 Å². The van der Waals surface area contributed by atoms with Crippen molar-refractivity contribution in [2.24, 2.45) is 5.92 Å². The fourth-order valence-corrected chi connectivity index (χ4v) is 4.16. The summed E-state index contributed by atoms with van der Waals surface area (Å²) in [5.74, 6) is -1.09. The van der Waals surface area contributed by atoms with Crippen LogP contribution in [-0.2, 0) is 15.0 Å². The topological polar surface area (TPSA) is 107 Å². The van der Waals surface area contributed by atoms with Gasteiger partial charge in [-0.25, -0.2) is 0 Å². The third-order valence-electron chi connectivity index (χ3n) is 4.12. The van der Waals surface area contributed by atoms with E-state index in [-0.39, 0.29) is 19.0 Å². The number of carboxylic acid groups (broad SMARTS) is 1. The number of piperidine rings is 1. The molecule has 1 fully saturated rings. The molecule has 21 heavy (non-hydrogen) atoms. The highest BCUT2D eigenvalue weighted by Crippen LogP contribution is 2.20. The molecule has 1 saturated heterocycles. The van der Waals surface area contributed by atoms with Gasteiger partial charge in [0, 0.05) is 13.1 Å². The van der Waals surface area contributed by atoms with Gasteiger partial charge in [0.1, 0.15) is 6.04 Å². The minimum absolute atomic E-state index is 0.0318. The van der Waals surface area contributed by atoms with Crippen LogP contribution in [0.3, 0.4) is 0 Å². The van der Waals surface area contributed by atoms with Crippen molar-refractivity contribution >= 4 is 16.2 Å². The van der Waals surface area contributed by atoms with Crippen LogP contribution in [0.2, 0.25) is 0 Å². The zero-order valence-corrected chi connectivity index (χ0v) is 13.5. The molecule has 0 aliphatic carbocycles. The van der Waals surface area contributed by atoms with Crippen molar-refractivity contribution < 1.29 is 23.4 Å². The Kier molecular flexibility index (Phi) is 7.05. The van der Waals surface area contributed by atoms with Gasteiger partial charge >= 0.3 is 5.97 Å². The van der Waals surface area contributed by atoms with Gasteiger partial charge in [-0.05, 0) is 25.2 Å². The molecule has 8 heteroatoms. The second kappa shape index (κ2) is 8.07. The molecular weight excluding hydrogens is 296 g/mol. The molecule has 124 valence electrons. The average molecular weight is 322 g/mol. The van der Waals surface area contributed by atoms with Crippen molar-refractivity contribution in [1.82, 2.24) is 9.03 Å². The van der Waals surface area contributed by atoms with Crippen molar-refractivity contribution in [3.63, 3.8) is 0 Å². The van der Waals surface area contributed by atoms with E-state index in [1.165, 1.54) is 0 Å². The highest BCUT2D eigenvalue weighted by Gasteiger charge is 2.36. The van der Waals surface area contributed by atoms with Gasteiger partial charge < -0.3 is 10.2 Å². The highest BCUT2D eigenvalue weighted by molar-refractivity contribution is 7.87. The Labute approximate surface area is 126 Å². The van der Waals surface area contributed by atoms with Gasteiger partial charge in [0.05, 0.1) is 6.10 Å². The molecule has 1 aliphatic rings. The van der Waals surface area contributed by atoms with Crippen LogP contribution in [0.25, 0.3) is 0 Å². The summed E-state index contributed by atoms with van der Waals surface area (Å²) in [6.07, 6.45) is 2.45. The molecule has 0 aromatic heterocycles. The minimum atomic E-state index is -3.88. The van der Waals surface area contributed by atoms with Crippen LogP contribution >= 0.6 is 0 Å². The summed E-state index contributed by atoms with van der Waals surface area (Å²) in [6.45, 7) is 4.00. The monoisotopic (exact) mass is 322 g/mol. The third-order valence-corrected chi connectivity index (χ3v) is 5.70. The first-order valence-electron chi connectivity index (χ1n) is 7.50. The molecule has 0 radical (unpaired) electrons. The van der Waals surface area contributed by atoms with E-state index in [9.17, 15) is 18.3 Å². The molecule has 1 heterocycles. The van der Waals surface area contributed by atoms with E-state index in [0.717, 1.165) is 17.1 Å². The van der Waals surface area contributed by atoms with Gasteiger partial charge in [-0.2, -0.15) is 17.4 Å². The average Bonchev–Trinajstić information content (AvgIpc) is 2.46. The molecule has 2 unspecified atom stereocenters. The molecule has 2 atom stereocenters. The quantitative estimate of drug-likeness (QED) is 0.605. The molecule has 0 spiro atoms. The summed E-state index contributed by atoms with van der Waals surface area (Å²) in [4.78, 5) is 11.2. The minimum Gasteiger partial charge on any atom is -0.480 e. The maximum Gasteiger partial charge on any atom is 0.322 e. The second-order valence-electron chi connectivity index (χ2n) is 5.46. The van der Waals surface area contributed by atoms with Crippen LogP contribution in [0.1, 0.15) is 46.0 Å². The first-order valence-corrected chi connectivity index (χ1v) is 8.94. The molecule has 1 rings (SSSR count). The summed E-state index contributed by atoms with van der Waals surface area (Å²) in [7, 11) is -3.88. The van der Waals surface area contributed by atoms with Gasteiger partial charge in [-0.1, -0.05) is 26.7 Å². The van der Waals surface area contributed by atoms with Gasteiger partial charge in [-0.15, -0.1) is 0 Å². The standard InChI is InChI=1S/C13H26N2O5S/c1-3-10(4-2)12(16)9-14-21(19,20)15-8-6-5-7-11(15)13(17)18/h10-12,14,16H,3-9H2,1-2H3,(H,17,18). The Morgan fingerprint density at radius 2 is 1.95 bits per heavy atom. The van der Waals surface area contributed by atoms with Crippen molar-refractivity contribution in [2.75, 3.05) is 13.1 Å². The van der Waals surface area contributed by atoms with E-state index < -0.39 is 28.3 Å². The fourth-order valence-electron chi connectivity index (χ4n) is 2.71. The number of carbonyl (C=O) groups is 1. The first-order chi connectivity index (χ1) is 9.83. The number of hydrogen-bond acceptors (Lipinski definition) is 4. The number of nitrogens with zero attached hydrogens (tertiary/aromatic N) is 1. The Hall–Kier alpha value is -0.700. The predicted molar refractivity (Wildman–Crippen MR) is 79.0 cm³/mol. The normalized spacial score (nSPS) is 22.4. The lowest BCUT2D eigenvalue weighted by atomic mass is 9.97. The molecule has 0 bridgehead atoms. The van der Waals surface area contributed by atoms with E-state index in [2.05, 4.69) is 4.72 Å². The number of aliphatic carboxylic acids is 1. The lowest BCUT2D eigenvalue weighted by Gasteiger charge is -2.32. The molecule has 3 N–H and O–H groups in total. The number of nitrogens with one attached hydrogen (secondary N) is 1. The van der Waals surface area contributed by atoms with Gasteiger partial charge in [0.2, 0.25) is 0 Å². The lowest BCUT2D eigenvalue weighted by molar-refractivity contribution is -0.142. The maximum absolute atomic E-state index is 12.2. The number of carboxylic acids is 1. The lowest BCUT2D eigenvalue weighted by Crippen LogP contribution is -2.53. The summed E-state index contributed by atoms with van der Waals surface area (Å²) in [6, 6.07) is -1.01. The summed E-state index contributed by atoms with van der Waals surface area (Å²) < 4.78 is 27.8. The Morgan fingerprint density at radius 1 is 1.33 bits per heavy atom. The number of aliphatic hydroxyl groups excluding tert-OH is 1. The molecule has 0 aromatic rings. The Morgan fingerprint density at radius 3 is 2.48 bits per heavy atom. The summed E-state index contributed by atoms with van der Waals surface area (Å²) in [5, 5.41) is 19.1. The SMILES string of the molecule is CCC(CC)C(O)CNS(=O)(=O)N1CCCCC1C(=O)O. The summed E-state index contributed by atoms with van der Waals surface area (Å²) in [5.41, 5.74) is 0. The van der Waals surface area contributed by atoms with Gasteiger partial charge in [0.15, 0.2) is 0 Å². The maximum atomic E-state index is 12.2. The highest BCUT2D eigenvalue weighted by atomic mass is 32.2. The van der Waals surface area contributed by atoms with Crippen LogP contribution in [-0.4, -0.2) is 54.1 Å². The molecule has 7 nitrogen and oxygen atoms in total. The van der Waals surface area contributed by atoms with Crippen molar-refractivity contribution in [2.45, 2.75) is 58.1 Å². The van der Waals surface area contributed by atoms with Crippen molar-refractivity contribution in [3.8, 4) is 0 Å². The number of hydrogen-bond donors (Lipinski definition) is 3. The van der Waals surface area contributed by atoms with Crippen molar-refractivity contribution in [1.29, 1.82) is 0 Å². The fraction of sp³-hybridized carbons (Fsp3) is 0.923. The molecule has 1 aliphatic heterocycles. The Bertz CT molecular complexity index is 436. The van der Waals surface area contributed by atoms with E-state index >= 15 is 0 Å². The van der Waals surface area contributed by atoms with Crippen LogP contribution in [0.4, 0.5) is 0 Å². The molecular formula is C13H26N2O5S. The zero-order chi connectivity index (χ0) is 16.0. The van der Waals surface area contributed by atoms with Crippen molar-refractivity contribution in [3.05, 3.63) is 0 Å². The van der Waals surface area contributed by atoms with Crippen LogP contribution in [0.15, 0.2) is 0 Å². The number of aliphatic hydroxyl groups is 1. The van der Waals surface area contributed by atoms with Crippen LogP contribution < -0.4 is 4.72 Å². The Balaban J connectivity index is 2.69. The van der Waals surface area contributed by atoms with Crippen LogP contribution in [0.5, 0.6) is 0 Å². The van der Waals surface area contributed by atoms with E-state index in [0.29, 0.717) is 19.3 Å². The predicted octanol–water partition coefficient (Wildman–Crippen LogP) is 0.557. The van der Waals surface area contributed by atoms with Crippen LogP contribution in [0, 0.1) is 5.92 Å². The smallest absolute Gasteiger partial charge is 0.322 e.